The summed E-state index contributed by atoms with van der Waals surface area (Å²) in [5.41, 5.74) is 3.56. The minimum atomic E-state index is -3.42. The van der Waals surface area contributed by atoms with Gasteiger partial charge in [0.05, 0.1) is 15.8 Å². The van der Waals surface area contributed by atoms with Crippen LogP contribution in [0.5, 0.6) is 0 Å². The number of hydrogen-bond acceptors (Lipinski definition) is 2. The number of nitrogens with one attached hydrogen (secondary N) is 1. The van der Waals surface area contributed by atoms with E-state index in [-0.39, 0.29) is 11.2 Å². The van der Waals surface area contributed by atoms with Crippen LogP contribution >= 0.6 is 23.2 Å². The monoisotopic (exact) mass is 425 g/mol. The van der Waals surface area contributed by atoms with Gasteiger partial charge in [-0.15, -0.1) is 0 Å². The summed E-state index contributed by atoms with van der Waals surface area (Å²) in [7, 11) is -3.42. The highest BCUT2D eigenvalue weighted by Crippen LogP contribution is 2.43. The van der Waals surface area contributed by atoms with Crippen molar-refractivity contribution in [3.05, 3.63) is 69.2 Å². The molecule has 27 heavy (non-hydrogen) atoms. The first-order valence-corrected chi connectivity index (χ1v) is 11.6. The summed E-state index contributed by atoms with van der Waals surface area (Å²) in [5.74, 6) is 0.292. The van der Waals surface area contributed by atoms with E-state index in [0.717, 1.165) is 19.3 Å². The topological polar surface area (TPSA) is 46.2 Å². The number of benzene rings is 2. The fourth-order valence-electron chi connectivity index (χ4n) is 3.88. The van der Waals surface area contributed by atoms with E-state index < -0.39 is 10.0 Å². The zero-order valence-electron chi connectivity index (χ0n) is 15.6. The summed E-state index contributed by atoms with van der Waals surface area (Å²) < 4.78 is 27.5. The van der Waals surface area contributed by atoms with Crippen molar-refractivity contribution in [2.45, 2.75) is 50.2 Å². The van der Waals surface area contributed by atoms with Crippen molar-refractivity contribution in [3.63, 3.8) is 0 Å². The largest absolute Gasteiger partial charge is 0.215 e. The Bertz CT molecular complexity index is 926. The van der Waals surface area contributed by atoms with E-state index in [9.17, 15) is 8.42 Å². The van der Waals surface area contributed by atoms with E-state index in [0.29, 0.717) is 28.1 Å². The molecule has 0 amide bonds. The van der Waals surface area contributed by atoms with Crippen LogP contribution in [0.1, 0.15) is 55.7 Å². The molecule has 0 saturated heterocycles. The van der Waals surface area contributed by atoms with E-state index >= 15 is 0 Å². The molecule has 3 nitrogen and oxygen atoms in total. The molecule has 1 aliphatic rings. The van der Waals surface area contributed by atoms with Gasteiger partial charge in [-0.05, 0) is 59.4 Å². The van der Waals surface area contributed by atoms with Crippen molar-refractivity contribution in [2.75, 3.05) is 6.54 Å². The third-order valence-corrected chi connectivity index (χ3v) is 7.50. The van der Waals surface area contributed by atoms with Crippen molar-refractivity contribution in [1.82, 2.24) is 4.72 Å². The van der Waals surface area contributed by atoms with Gasteiger partial charge in [-0.2, -0.15) is 0 Å². The Balaban J connectivity index is 1.61. The molecule has 1 N–H and O–H groups in total. The summed E-state index contributed by atoms with van der Waals surface area (Å²) in [6.45, 7) is 4.99. The van der Waals surface area contributed by atoms with Crippen LogP contribution in [0.15, 0.2) is 42.5 Å². The van der Waals surface area contributed by atoms with E-state index in [4.69, 9.17) is 23.2 Å². The van der Waals surface area contributed by atoms with Crippen LogP contribution in [0, 0.1) is 0 Å². The van der Waals surface area contributed by atoms with E-state index in [2.05, 4.69) is 42.8 Å². The van der Waals surface area contributed by atoms with Gasteiger partial charge in [-0.1, -0.05) is 67.4 Å². The molecule has 0 spiro atoms. The molecule has 0 aliphatic heterocycles. The zero-order chi connectivity index (χ0) is 19.7. The van der Waals surface area contributed by atoms with E-state index in [1.807, 2.05) is 0 Å². The van der Waals surface area contributed by atoms with Gasteiger partial charge in [0, 0.05) is 6.54 Å². The summed E-state index contributed by atoms with van der Waals surface area (Å²) in [5, 5.41) is 0.787. The molecule has 0 saturated carbocycles. The summed E-state index contributed by atoms with van der Waals surface area (Å²) in [6.07, 6.45) is 3.00. The molecular formula is C21H25Cl2NO2S. The van der Waals surface area contributed by atoms with Crippen molar-refractivity contribution in [3.8, 4) is 0 Å². The highest BCUT2D eigenvalue weighted by atomic mass is 35.5. The summed E-state index contributed by atoms with van der Waals surface area (Å²) in [6, 6.07) is 13.5. The zero-order valence-corrected chi connectivity index (χ0v) is 18.0. The average molecular weight is 426 g/mol. The molecule has 2 aromatic rings. The fourth-order valence-corrected chi connectivity index (χ4v) is 5.35. The molecular weight excluding hydrogens is 401 g/mol. The third kappa shape index (κ3) is 5.05. The Morgan fingerprint density at radius 1 is 1.11 bits per heavy atom. The number of rotatable bonds is 6. The second-order valence-electron chi connectivity index (χ2n) is 7.90. The molecule has 0 fully saturated rings. The van der Waals surface area contributed by atoms with E-state index in [1.165, 1.54) is 11.1 Å². The Hall–Kier alpha value is -1.07. The summed E-state index contributed by atoms with van der Waals surface area (Å²) >= 11 is 11.9. The van der Waals surface area contributed by atoms with Gasteiger partial charge in [0.25, 0.3) is 0 Å². The maximum absolute atomic E-state index is 12.4. The molecule has 146 valence electrons. The maximum Gasteiger partial charge on any atom is 0.215 e. The van der Waals surface area contributed by atoms with Gasteiger partial charge in [-0.3, -0.25) is 0 Å². The van der Waals surface area contributed by atoms with Crippen LogP contribution in [-0.4, -0.2) is 15.0 Å². The smallest absolute Gasteiger partial charge is 0.215 e. The SMILES string of the molecule is CC1(C)CCC(CCNS(=O)(=O)Cc2ccc(Cl)c(Cl)c2)c2ccccc21. The number of fused-ring (bicyclic) bond motifs is 1. The molecule has 0 heterocycles. The van der Waals surface area contributed by atoms with Crippen LogP contribution in [0.2, 0.25) is 10.0 Å². The minimum Gasteiger partial charge on any atom is -0.215 e. The molecule has 1 aliphatic carbocycles. The number of hydrogen-bond donors (Lipinski definition) is 1. The Morgan fingerprint density at radius 2 is 1.85 bits per heavy atom. The lowest BCUT2D eigenvalue weighted by Crippen LogP contribution is -2.30. The van der Waals surface area contributed by atoms with Gasteiger partial charge in [-0.25, -0.2) is 13.1 Å². The van der Waals surface area contributed by atoms with Crippen molar-refractivity contribution in [2.24, 2.45) is 0 Å². The van der Waals surface area contributed by atoms with Gasteiger partial charge >= 0.3 is 0 Å². The standard InChI is InChI=1S/C21H25Cl2NO2S/c1-21(2)11-9-16(17-5-3-4-6-18(17)21)10-12-24-27(25,26)14-15-7-8-19(22)20(23)13-15/h3-8,13,16,24H,9-12,14H2,1-2H3. The molecule has 0 aromatic heterocycles. The fraction of sp³-hybridized carbons (Fsp3) is 0.429. The van der Waals surface area contributed by atoms with Gasteiger partial charge in [0.2, 0.25) is 10.0 Å². The predicted octanol–water partition coefficient (Wildman–Crippen LogP) is 5.66. The normalized spacial score (nSPS) is 18.9. The van der Waals surface area contributed by atoms with Gasteiger partial charge < -0.3 is 0 Å². The van der Waals surface area contributed by atoms with Crippen molar-refractivity contribution in [1.29, 1.82) is 0 Å². The lowest BCUT2D eigenvalue weighted by molar-refractivity contribution is 0.382. The molecule has 2 aromatic carbocycles. The first kappa shape index (κ1) is 20.7. The average Bonchev–Trinajstić information content (AvgIpc) is 2.60. The highest BCUT2D eigenvalue weighted by molar-refractivity contribution is 7.88. The second-order valence-corrected chi connectivity index (χ2v) is 10.5. The summed E-state index contributed by atoms with van der Waals surface area (Å²) in [4.78, 5) is 0. The highest BCUT2D eigenvalue weighted by Gasteiger charge is 2.32. The van der Waals surface area contributed by atoms with E-state index in [1.54, 1.807) is 18.2 Å². The molecule has 1 unspecified atom stereocenters. The van der Waals surface area contributed by atoms with Crippen LogP contribution in [0.3, 0.4) is 0 Å². The predicted molar refractivity (Wildman–Crippen MR) is 113 cm³/mol. The van der Waals surface area contributed by atoms with Crippen molar-refractivity contribution < 1.29 is 8.42 Å². The lowest BCUT2D eigenvalue weighted by Gasteiger charge is -2.37. The molecule has 1 atom stereocenters. The van der Waals surface area contributed by atoms with Crippen LogP contribution < -0.4 is 4.72 Å². The van der Waals surface area contributed by atoms with Gasteiger partial charge in [0.1, 0.15) is 0 Å². The maximum atomic E-state index is 12.4. The lowest BCUT2D eigenvalue weighted by atomic mass is 9.68. The Morgan fingerprint density at radius 3 is 2.59 bits per heavy atom. The second kappa shape index (κ2) is 8.12. The Labute approximate surface area is 172 Å². The first-order valence-electron chi connectivity index (χ1n) is 9.19. The quantitative estimate of drug-likeness (QED) is 0.648. The minimum absolute atomic E-state index is 0.0990. The van der Waals surface area contributed by atoms with Gasteiger partial charge in [0.15, 0.2) is 0 Å². The first-order chi connectivity index (χ1) is 12.7. The van der Waals surface area contributed by atoms with Crippen LogP contribution in [0.25, 0.3) is 0 Å². The van der Waals surface area contributed by atoms with Crippen molar-refractivity contribution >= 4 is 33.2 Å². The molecule has 3 rings (SSSR count). The number of sulfonamides is 1. The molecule has 6 heteroatoms. The Kier molecular flexibility index (Phi) is 6.21. The number of halogens is 2. The third-order valence-electron chi connectivity index (χ3n) is 5.40. The van der Waals surface area contributed by atoms with Crippen LogP contribution in [0.4, 0.5) is 0 Å². The van der Waals surface area contributed by atoms with Crippen LogP contribution in [-0.2, 0) is 21.2 Å². The molecule has 0 radical (unpaired) electrons. The molecule has 0 bridgehead atoms.